The van der Waals surface area contributed by atoms with Crippen LogP contribution in [0.3, 0.4) is 0 Å². The summed E-state index contributed by atoms with van der Waals surface area (Å²) in [6.45, 7) is 1.43. The quantitative estimate of drug-likeness (QED) is 0.321. The van der Waals surface area contributed by atoms with Crippen LogP contribution >= 0.6 is 11.6 Å². The molecule has 5 amide bonds. The van der Waals surface area contributed by atoms with E-state index in [1.165, 1.54) is 36.4 Å². The van der Waals surface area contributed by atoms with Crippen molar-refractivity contribution in [1.29, 1.82) is 0 Å². The van der Waals surface area contributed by atoms with E-state index in [1.807, 2.05) is 0 Å². The fourth-order valence-electron chi connectivity index (χ4n) is 3.60. The molecular weight excluding hydrogens is 517 g/mol. The van der Waals surface area contributed by atoms with Crippen LogP contribution in [0.2, 0.25) is 5.02 Å². The summed E-state index contributed by atoms with van der Waals surface area (Å²) < 4.78 is 25.0. The normalized spacial score (nSPS) is 14.3. The summed E-state index contributed by atoms with van der Waals surface area (Å²) in [5.41, 5.74) is 0.295. The van der Waals surface area contributed by atoms with E-state index in [0.717, 1.165) is 4.90 Å². The van der Waals surface area contributed by atoms with Crippen molar-refractivity contribution in [2.45, 2.75) is 6.92 Å². The number of halogens is 2. The predicted molar refractivity (Wildman–Crippen MR) is 139 cm³/mol. The van der Waals surface area contributed by atoms with Gasteiger partial charge in [0.05, 0.1) is 23.0 Å². The molecule has 3 aromatic rings. The van der Waals surface area contributed by atoms with Crippen molar-refractivity contribution < 1.29 is 33.0 Å². The minimum Gasteiger partial charge on any atom is -0.490 e. The molecule has 4 rings (SSSR count). The lowest BCUT2D eigenvalue weighted by Gasteiger charge is -2.26. The number of carbonyl (C=O) groups excluding carboxylic acids is 4. The lowest BCUT2D eigenvalue weighted by atomic mass is 10.1. The van der Waals surface area contributed by atoms with Crippen molar-refractivity contribution in [3.05, 3.63) is 88.7 Å². The third-order valence-corrected chi connectivity index (χ3v) is 5.54. The summed E-state index contributed by atoms with van der Waals surface area (Å²) in [6.07, 6.45) is 1.27. The molecule has 0 aliphatic carbocycles. The van der Waals surface area contributed by atoms with Gasteiger partial charge < -0.3 is 14.8 Å². The molecule has 0 bridgehead atoms. The average molecular weight is 538 g/mol. The highest BCUT2D eigenvalue weighted by Crippen LogP contribution is 2.37. The van der Waals surface area contributed by atoms with Crippen LogP contribution in [0.15, 0.2) is 72.3 Å². The first-order valence-corrected chi connectivity index (χ1v) is 11.8. The Morgan fingerprint density at radius 2 is 1.76 bits per heavy atom. The maximum atomic E-state index is 13.8. The number of barbiturate groups is 1. The molecule has 38 heavy (non-hydrogen) atoms. The highest BCUT2D eigenvalue weighted by Gasteiger charge is 2.36. The van der Waals surface area contributed by atoms with Crippen molar-refractivity contribution in [2.24, 2.45) is 0 Å². The highest BCUT2D eigenvalue weighted by molar-refractivity contribution is 6.39. The molecule has 0 unspecified atom stereocenters. The second-order valence-electron chi connectivity index (χ2n) is 7.87. The lowest BCUT2D eigenvalue weighted by Crippen LogP contribution is -2.54. The van der Waals surface area contributed by atoms with Gasteiger partial charge in [0.2, 0.25) is 0 Å². The van der Waals surface area contributed by atoms with Crippen molar-refractivity contribution in [3.8, 4) is 11.5 Å². The van der Waals surface area contributed by atoms with E-state index in [1.54, 1.807) is 43.3 Å². The Morgan fingerprint density at radius 3 is 2.47 bits per heavy atom. The average Bonchev–Trinajstić information content (AvgIpc) is 2.88. The van der Waals surface area contributed by atoms with Gasteiger partial charge in [0.25, 0.3) is 17.7 Å². The van der Waals surface area contributed by atoms with E-state index < -0.39 is 36.2 Å². The fourth-order valence-corrected chi connectivity index (χ4v) is 3.87. The number of benzene rings is 3. The number of urea groups is 1. The first-order valence-electron chi connectivity index (χ1n) is 11.4. The molecule has 1 saturated heterocycles. The molecule has 11 heteroatoms. The second kappa shape index (κ2) is 11.6. The second-order valence-corrected chi connectivity index (χ2v) is 8.28. The summed E-state index contributed by atoms with van der Waals surface area (Å²) in [6, 6.07) is 15.8. The molecule has 1 aliphatic rings. The van der Waals surface area contributed by atoms with Gasteiger partial charge >= 0.3 is 6.03 Å². The largest absolute Gasteiger partial charge is 0.490 e. The number of hydrogen-bond acceptors (Lipinski definition) is 6. The van der Waals surface area contributed by atoms with Crippen LogP contribution in [0.4, 0.5) is 20.6 Å². The number of rotatable bonds is 8. The number of nitrogens with zero attached hydrogens (tertiary/aromatic N) is 1. The Labute approximate surface area is 221 Å². The van der Waals surface area contributed by atoms with Crippen LogP contribution in [-0.2, 0) is 14.4 Å². The summed E-state index contributed by atoms with van der Waals surface area (Å²) in [7, 11) is 0. The summed E-state index contributed by atoms with van der Waals surface area (Å²) in [4.78, 5) is 51.1. The summed E-state index contributed by atoms with van der Waals surface area (Å²) >= 11 is 6.40. The fraction of sp³-hybridized carbons (Fsp3) is 0.111. The van der Waals surface area contributed by atoms with Gasteiger partial charge in [-0.1, -0.05) is 41.9 Å². The standard InChI is InChI=1S/C27H21ClFN3O6/c1-2-37-22-14-16(12-18-25(34)31-27(36)32(26(18)35)17-8-4-3-5-9-17)13-19(28)24(22)38-15-23(33)30-21-11-7-6-10-20(21)29/h3-14H,2,15H2,1H3,(H,30,33)(H,31,34,36)/b18-12-. The zero-order valence-corrected chi connectivity index (χ0v) is 20.8. The van der Waals surface area contributed by atoms with Gasteiger partial charge in [-0.15, -0.1) is 0 Å². The molecule has 2 N–H and O–H groups in total. The Balaban J connectivity index is 1.58. The molecule has 1 fully saturated rings. The van der Waals surface area contributed by atoms with Crippen LogP contribution in [0.25, 0.3) is 6.08 Å². The maximum Gasteiger partial charge on any atom is 0.335 e. The van der Waals surface area contributed by atoms with Crippen molar-refractivity contribution >= 4 is 52.8 Å². The molecule has 0 atom stereocenters. The Bertz CT molecular complexity index is 1440. The Hall–Kier alpha value is -4.70. The van der Waals surface area contributed by atoms with Gasteiger partial charge in [-0.2, -0.15) is 0 Å². The predicted octanol–water partition coefficient (Wildman–Crippen LogP) is 4.56. The minimum absolute atomic E-state index is 0.00217. The van der Waals surface area contributed by atoms with Gasteiger partial charge in [0, 0.05) is 0 Å². The molecule has 9 nitrogen and oxygen atoms in total. The SMILES string of the molecule is CCOc1cc(/C=C2/C(=O)NC(=O)N(c3ccccc3)C2=O)cc(Cl)c1OCC(=O)Nc1ccccc1F. The number of nitrogens with one attached hydrogen (secondary N) is 2. The first kappa shape index (κ1) is 26.4. The molecule has 0 radical (unpaired) electrons. The molecular formula is C27H21ClFN3O6. The monoisotopic (exact) mass is 537 g/mol. The number of para-hydroxylation sites is 2. The lowest BCUT2D eigenvalue weighted by molar-refractivity contribution is -0.122. The van der Waals surface area contributed by atoms with Crippen molar-refractivity contribution in [1.82, 2.24) is 5.32 Å². The number of amides is 5. The maximum absolute atomic E-state index is 13.8. The van der Waals surface area contributed by atoms with E-state index in [0.29, 0.717) is 11.3 Å². The van der Waals surface area contributed by atoms with Gasteiger partial charge in [-0.3, -0.25) is 19.7 Å². The van der Waals surface area contributed by atoms with Crippen LogP contribution < -0.4 is 25.0 Å². The minimum atomic E-state index is -0.869. The van der Waals surface area contributed by atoms with Crippen LogP contribution in [0.5, 0.6) is 11.5 Å². The molecule has 1 heterocycles. The van der Waals surface area contributed by atoms with E-state index in [9.17, 15) is 23.6 Å². The van der Waals surface area contributed by atoms with Crippen molar-refractivity contribution in [3.63, 3.8) is 0 Å². The third-order valence-electron chi connectivity index (χ3n) is 5.25. The van der Waals surface area contributed by atoms with Gasteiger partial charge in [0.15, 0.2) is 18.1 Å². The van der Waals surface area contributed by atoms with Gasteiger partial charge in [-0.25, -0.2) is 14.1 Å². The Morgan fingerprint density at radius 1 is 1.05 bits per heavy atom. The molecule has 0 aromatic heterocycles. The molecule has 0 spiro atoms. The van der Waals surface area contributed by atoms with E-state index >= 15 is 0 Å². The van der Waals surface area contributed by atoms with Gasteiger partial charge in [-0.05, 0) is 55.0 Å². The topological polar surface area (TPSA) is 114 Å². The van der Waals surface area contributed by atoms with Crippen LogP contribution in [0, 0.1) is 5.82 Å². The number of carbonyl (C=O) groups is 4. The zero-order valence-electron chi connectivity index (χ0n) is 20.0. The Kier molecular flexibility index (Phi) is 8.03. The van der Waals surface area contributed by atoms with E-state index in [-0.39, 0.29) is 34.4 Å². The van der Waals surface area contributed by atoms with E-state index in [2.05, 4.69) is 10.6 Å². The third kappa shape index (κ3) is 5.81. The first-order chi connectivity index (χ1) is 18.3. The number of hydrogen-bond donors (Lipinski definition) is 2. The number of imide groups is 2. The molecule has 1 aliphatic heterocycles. The smallest absolute Gasteiger partial charge is 0.335 e. The summed E-state index contributed by atoms with van der Waals surface area (Å²) in [5, 5.41) is 4.58. The molecule has 194 valence electrons. The molecule has 0 saturated carbocycles. The van der Waals surface area contributed by atoms with Crippen molar-refractivity contribution in [2.75, 3.05) is 23.4 Å². The number of anilines is 2. The molecule has 3 aromatic carbocycles. The van der Waals surface area contributed by atoms with Crippen LogP contribution in [0.1, 0.15) is 12.5 Å². The van der Waals surface area contributed by atoms with Gasteiger partial charge in [0.1, 0.15) is 11.4 Å². The van der Waals surface area contributed by atoms with Crippen LogP contribution in [-0.4, -0.2) is 37.0 Å². The highest BCUT2D eigenvalue weighted by atomic mass is 35.5. The van der Waals surface area contributed by atoms with E-state index in [4.69, 9.17) is 21.1 Å². The summed E-state index contributed by atoms with van der Waals surface area (Å²) in [5.74, 6) is -2.73. The number of ether oxygens (including phenoxy) is 2. The zero-order chi connectivity index (χ0) is 27.2.